The number of nitrogens with zero attached hydrogens (tertiary/aromatic N) is 4. The van der Waals surface area contributed by atoms with Crippen LogP contribution in [0.4, 0.5) is 10.6 Å². The Morgan fingerprint density at radius 1 is 1.06 bits per heavy atom. The number of amides is 3. The fraction of sp³-hybridized carbons (Fsp3) is 0.417. The molecular formula is C24H30N6O2. The third-order valence-corrected chi connectivity index (χ3v) is 5.85. The van der Waals surface area contributed by atoms with Gasteiger partial charge in [0.15, 0.2) is 6.17 Å². The van der Waals surface area contributed by atoms with Gasteiger partial charge in [0.05, 0.1) is 0 Å². The lowest BCUT2D eigenvalue weighted by atomic mass is 10.1. The van der Waals surface area contributed by atoms with Crippen molar-refractivity contribution in [2.45, 2.75) is 52.4 Å². The zero-order chi connectivity index (χ0) is 22.7. The maximum absolute atomic E-state index is 13.0. The van der Waals surface area contributed by atoms with Crippen LogP contribution in [-0.2, 0) is 11.3 Å². The molecule has 2 N–H and O–H groups in total. The molecule has 0 radical (unpaired) electrons. The molecule has 2 unspecified atom stereocenters. The lowest BCUT2D eigenvalue weighted by molar-refractivity contribution is -0.134. The molecule has 8 nitrogen and oxygen atoms in total. The molecule has 2 aromatic rings. The van der Waals surface area contributed by atoms with Crippen molar-refractivity contribution in [2.24, 2.45) is 4.99 Å². The Morgan fingerprint density at radius 2 is 1.84 bits per heavy atom. The minimum absolute atomic E-state index is 0.211. The van der Waals surface area contributed by atoms with Crippen LogP contribution in [0.5, 0.6) is 0 Å². The lowest BCUT2D eigenvalue weighted by Gasteiger charge is -2.40. The molecule has 168 valence electrons. The first-order chi connectivity index (χ1) is 15.5. The van der Waals surface area contributed by atoms with Gasteiger partial charge in [-0.3, -0.25) is 14.6 Å². The Balaban J connectivity index is 1.49. The first-order valence-electron chi connectivity index (χ1n) is 11.2. The lowest BCUT2D eigenvalue weighted by Crippen LogP contribution is -2.65. The summed E-state index contributed by atoms with van der Waals surface area (Å²) in [7, 11) is 0. The van der Waals surface area contributed by atoms with E-state index >= 15 is 0 Å². The number of amidine groups is 1. The van der Waals surface area contributed by atoms with Gasteiger partial charge in [-0.2, -0.15) is 0 Å². The second kappa shape index (κ2) is 9.38. The highest BCUT2D eigenvalue weighted by atomic mass is 16.2. The largest absolute Gasteiger partial charge is 0.366 e. The van der Waals surface area contributed by atoms with E-state index in [0.717, 1.165) is 24.2 Å². The molecule has 1 fully saturated rings. The van der Waals surface area contributed by atoms with Crippen molar-refractivity contribution >= 4 is 23.6 Å². The number of pyridine rings is 1. The van der Waals surface area contributed by atoms with Gasteiger partial charge in [0.1, 0.15) is 17.7 Å². The van der Waals surface area contributed by atoms with Crippen molar-refractivity contribution in [1.82, 2.24) is 20.1 Å². The van der Waals surface area contributed by atoms with Crippen molar-refractivity contribution in [2.75, 3.05) is 18.4 Å². The van der Waals surface area contributed by atoms with Gasteiger partial charge in [-0.1, -0.05) is 38.1 Å². The van der Waals surface area contributed by atoms with Crippen molar-refractivity contribution in [1.29, 1.82) is 0 Å². The number of imide groups is 1. The summed E-state index contributed by atoms with van der Waals surface area (Å²) in [6, 6.07) is 11.3. The number of fused-ring (bicyclic) bond motifs is 1. The average Bonchev–Trinajstić information content (AvgIpc) is 3.25. The van der Waals surface area contributed by atoms with Gasteiger partial charge < -0.3 is 10.6 Å². The van der Waals surface area contributed by atoms with E-state index < -0.39 is 12.2 Å². The summed E-state index contributed by atoms with van der Waals surface area (Å²) in [6.45, 7) is 7.74. The number of aliphatic imine (C=N–C) groups is 1. The Kier molecular flexibility index (Phi) is 6.39. The summed E-state index contributed by atoms with van der Waals surface area (Å²) in [5.41, 5.74) is 3.25. The minimum atomic E-state index is -0.556. The van der Waals surface area contributed by atoms with Crippen molar-refractivity contribution < 1.29 is 9.59 Å². The number of carbonyl (C=O) groups excluding carboxylic acids is 2. The van der Waals surface area contributed by atoms with Crippen LogP contribution in [0, 0.1) is 6.92 Å². The highest BCUT2D eigenvalue weighted by Gasteiger charge is 2.49. The summed E-state index contributed by atoms with van der Waals surface area (Å²) < 4.78 is 0. The minimum Gasteiger partial charge on any atom is -0.366 e. The summed E-state index contributed by atoms with van der Waals surface area (Å²) in [5, 5.41) is 6.59. The molecule has 3 amide bonds. The van der Waals surface area contributed by atoms with Gasteiger partial charge >= 0.3 is 6.03 Å². The summed E-state index contributed by atoms with van der Waals surface area (Å²) >= 11 is 0. The Labute approximate surface area is 188 Å². The molecule has 8 heteroatoms. The number of carbonyl (C=O) groups is 2. The van der Waals surface area contributed by atoms with E-state index in [1.807, 2.05) is 38.1 Å². The number of hydrogen-bond donors (Lipinski definition) is 2. The Morgan fingerprint density at radius 3 is 2.53 bits per heavy atom. The maximum Gasteiger partial charge on any atom is 0.328 e. The van der Waals surface area contributed by atoms with Gasteiger partial charge in [0.2, 0.25) is 0 Å². The van der Waals surface area contributed by atoms with E-state index in [9.17, 15) is 9.59 Å². The van der Waals surface area contributed by atoms with Crippen molar-refractivity contribution in [3.63, 3.8) is 0 Å². The number of nitrogens with one attached hydrogen (secondary N) is 2. The molecule has 1 aromatic heterocycles. The third-order valence-electron chi connectivity index (χ3n) is 5.85. The molecule has 0 saturated carbocycles. The number of rotatable bonds is 8. The molecule has 2 aliphatic heterocycles. The van der Waals surface area contributed by atoms with E-state index in [4.69, 9.17) is 4.99 Å². The number of urea groups is 1. The highest BCUT2D eigenvalue weighted by molar-refractivity contribution is 6.08. The highest BCUT2D eigenvalue weighted by Crippen LogP contribution is 2.25. The first kappa shape index (κ1) is 21.8. The standard InChI is InChI=1S/C24H30N6O2/c1-4-12-29-22-20(23(31)30(13-5-2)24(29)32)27-21(28-22)18-10-11-19(26-15-18)25-14-17-9-7-6-8-16(17)3/h6-11,15,20,22H,4-5,12-14H2,1-3H3,(H,25,26)(H,27,28). The van der Waals surface area contributed by atoms with Crippen molar-refractivity contribution in [3.05, 3.63) is 59.3 Å². The normalized spacial score (nSPS) is 20.2. The first-order valence-corrected chi connectivity index (χ1v) is 11.2. The van der Waals surface area contributed by atoms with Crippen LogP contribution >= 0.6 is 0 Å². The van der Waals surface area contributed by atoms with Crippen LogP contribution in [-0.4, -0.2) is 57.9 Å². The summed E-state index contributed by atoms with van der Waals surface area (Å²) in [5.74, 6) is 1.15. The molecule has 0 bridgehead atoms. The van der Waals surface area contributed by atoms with Crippen LogP contribution < -0.4 is 10.6 Å². The Bertz CT molecular complexity index is 1020. The molecule has 2 aliphatic rings. The number of aryl methyl sites for hydroxylation is 1. The zero-order valence-electron chi connectivity index (χ0n) is 18.8. The number of hydrogen-bond acceptors (Lipinski definition) is 6. The van der Waals surface area contributed by atoms with E-state index in [2.05, 4.69) is 34.7 Å². The molecule has 3 heterocycles. The van der Waals surface area contributed by atoms with E-state index in [1.165, 1.54) is 16.0 Å². The predicted octanol–water partition coefficient (Wildman–Crippen LogP) is 3.13. The predicted molar refractivity (Wildman–Crippen MR) is 124 cm³/mol. The Hall–Kier alpha value is -3.42. The molecule has 1 aromatic carbocycles. The van der Waals surface area contributed by atoms with Crippen LogP contribution in [0.3, 0.4) is 0 Å². The van der Waals surface area contributed by atoms with Gasteiger partial charge in [-0.15, -0.1) is 0 Å². The van der Waals surface area contributed by atoms with Gasteiger partial charge in [-0.25, -0.2) is 14.8 Å². The molecule has 32 heavy (non-hydrogen) atoms. The molecule has 0 aliphatic carbocycles. The second-order valence-electron chi connectivity index (χ2n) is 8.19. The number of aromatic nitrogens is 1. The molecule has 0 spiro atoms. The summed E-state index contributed by atoms with van der Waals surface area (Å²) in [4.78, 5) is 38.1. The zero-order valence-corrected chi connectivity index (χ0v) is 18.8. The SMILES string of the molecule is CCCN1C(=O)C2NC(c3ccc(NCc4ccccc4C)nc3)=NC2N(CCC)C1=O. The number of benzene rings is 1. The quantitative estimate of drug-likeness (QED) is 0.666. The monoisotopic (exact) mass is 434 g/mol. The van der Waals surface area contributed by atoms with Crippen LogP contribution in [0.2, 0.25) is 0 Å². The maximum atomic E-state index is 13.0. The smallest absolute Gasteiger partial charge is 0.328 e. The molecular weight excluding hydrogens is 404 g/mol. The van der Waals surface area contributed by atoms with Crippen LogP contribution in [0.15, 0.2) is 47.6 Å². The van der Waals surface area contributed by atoms with E-state index in [-0.39, 0.29) is 11.9 Å². The second-order valence-corrected chi connectivity index (χ2v) is 8.19. The van der Waals surface area contributed by atoms with Crippen LogP contribution in [0.25, 0.3) is 0 Å². The van der Waals surface area contributed by atoms with Gasteiger partial charge in [0, 0.05) is 31.4 Å². The fourth-order valence-electron chi connectivity index (χ4n) is 4.12. The fourth-order valence-corrected chi connectivity index (χ4v) is 4.12. The molecule has 2 atom stereocenters. The van der Waals surface area contributed by atoms with Gasteiger partial charge in [-0.05, 0) is 43.0 Å². The topological polar surface area (TPSA) is 89.9 Å². The van der Waals surface area contributed by atoms with E-state index in [1.54, 1.807) is 11.1 Å². The third kappa shape index (κ3) is 4.17. The van der Waals surface area contributed by atoms with Crippen LogP contribution in [0.1, 0.15) is 43.4 Å². The number of anilines is 1. The van der Waals surface area contributed by atoms with Crippen molar-refractivity contribution in [3.8, 4) is 0 Å². The van der Waals surface area contributed by atoms with E-state index in [0.29, 0.717) is 25.5 Å². The average molecular weight is 435 g/mol. The van der Waals surface area contributed by atoms with Gasteiger partial charge in [0.25, 0.3) is 5.91 Å². The molecule has 4 rings (SSSR count). The molecule has 1 saturated heterocycles. The summed E-state index contributed by atoms with van der Waals surface area (Å²) in [6.07, 6.45) is 2.75.